The predicted molar refractivity (Wildman–Crippen MR) is 107 cm³/mol. The molecule has 1 aliphatic heterocycles. The highest BCUT2D eigenvalue weighted by atomic mass is 32.2. The van der Waals surface area contributed by atoms with Crippen LogP contribution in [0, 0.1) is 5.82 Å². The van der Waals surface area contributed by atoms with Gasteiger partial charge in [0.25, 0.3) is 0 Å². The summed E-state index contributed by atoms with van der Waals surface area (Å²) in [5.74, 6) is -1.40. The molecule has 6 nitrogen and oxygen atoms in total. The lowest BCUT2D eigenvalue weighted by molar-refractivity contribution is -0.139. The molecule has 3 rings (SSSR count). The monoisotopic (exact) mass is 414 g/mol. The minimum atomic E-state index is -0.536. The molecule has 1 N–H and O–H groups in total. The van der Waals surface area contributed by atoms with Gasteiger partial charge in [0, 0.05) is 29.0 Å². The summed E-state index contributed by atoms with van der Waals surface area (Å²) >= 11 is 1.04. The van der Waals surface area contributed by atoms with E-state index in [1.165, 1.54) is 24.0 Å². The molecule has 0 atom stereocenters. The van der Waals surface area contributed by atoms with Gasteiger partial charge in [-0.15, -0.1) is 11.8 Å². The van der Waals surface area contributed by atoms with Crippen molar-refractivity contribution in [3.8, 4) is 0 Å². The van der Waals surface area contributed by atoms with Crippen molar-refractivity contribution >= 4 is 41.0 Å². The number of benzene rings is 2. The Hall–Kier alpha value is -3.00. The normalized spacial score (nSPS) is 13.7. The Morgan fingerprint density at radius 1 is 1.07 bits per heavy atom. The molecule has 0 radical (unpaired) electrons. The van der Waals surface area contributed by atoms with Crippen molar-refractivity contribution in [1.29, 1.82) is 0 Å². The van der Waals surface area contributed by atoms with Gasteiger partial charge in [0.1, 0.15) is 5.82 Å². The molecule has 2 aromatic rings. The zero-order chi connectivity index (χ0) is 21.0. The van der Waals surface area contributed by atoms with E-state index in [2.05, 4.69) is 5.32 Å². The molecule has 0 spiro atoms. The fourth-order valence-electron chi connectivity index (χ4n) is 2.85. The van der Waals surface area contributed by atoms with Gasteiger partial charge in [0.05, 0.1) is 12.3 Å². The molecule has 150 valence electrons. The van der Waals surface area contributed by atoms with Gasteiger partial charge in [-0.05, 0) is 36.8 Å². The maximum Gasteiger partial charge on any atom is 0.234 e. The van der Waals surface area contributed by atoms with Gasteiger partial charge >= 0.3 is 0 Å². The van der Waals surface area contributed by atoms with E-state index < -0.39 is 5.82 Å². The minimum absolute atomic E-state index is 0.00880. The SMILES string of the molecule is CC(=O)c1ccc(SCC(=O)Nc2ccc(CN3C(=O)CCC3=O)cc2)c(F)c1. The van der Waals surface area contributed by atoms with Crippen LogP contribution in [0.2, 0.25) is 0 Å². The first-order chi connectivity index (χ1) is 13.8. The quantitative estimate of drug-likeness (QED) is 0.426. The first-order valence-corrected chi connectivity index (χ1v) is 9.97. The van der Waals surface area contributed by atoms with E-state index in [-0.39, 0.29) is 54.2 Å². The number of carbonyl (C=O) groups is 4. The van der Waals surface area contributed by atoms with Crippen LogP contribution in [0.25, 0.3) is 0 Å². The summed E-state index contributed by atoms with van der Waals surface area (Å²) in [6.45, 7) is 1.58. The van der Waals surface area contributed by atoms with Crippen molar-refractivity contribution in [2.45, 2.75) is 31.2 Å². The Bertz CT molecular complexity index is 959. The third kappa shape index (κ3) is 5.29. The molecule has 29 heavy (non-hydrogen) atoms. The number of nitrogens with zero attached hydrogens (tertiary/aromatic N) is 1. The first kappa shape index (κ1) is 20.7. The number of Topliss-reactive ketones (excluding diaryl/α,β-unsaturated/α-hetero) is 1. The standard InChI is InChI=1S/C21H19FN2O4S/c1-13(25)15-4-7-18(17(22)10-15)29-12-19(26)23-16-5-2-14(3-6-16)11-24-20(27)8-9-21(24)28/h2-7,10H,8-9,11-12H2,1H3,(H,23,26). The molecule has 0 saturated carbocycles. The summed E-state index contributed by atoms with van der Waals surface area (Å²) in [6.07, 6.45) is 0.505. The Morgan fingerprint density at radius 2 is 1.72 bits per heavy atom. The number of halogens is 1. The largest absolute Gasteiger partial charge is 0.325 e. The maximum absolute atomic E-state index is 14.0. The third-order valence-corrected chi connectivity index (χ3v) is 5.48. The van der Waals surface area contributed by atoms with E-state index in [9.17, 15) is 23.6 Å². The van der Waals surface area contributed by atoms with Gasteiger partial charge in [-0.1, -0.05) is 18.2 Å². The van der Waals surface area contributed by atoms with E-state index >= 15 is 0 Å². The summed E-state index contributed by atoms with van der Waals surface area (Å²) in [5.41, 5.74) is 1.63. The number of carbonyl (C=O) groups excluding carboxylic acids is 4. The predicted octanol–water partition coefficient (Wildman–Crippen LogP) is 3.41. The number of hydrogen-bond donors (Lipinski definition) is 1. The zero-order valence-electron chi connectivity index (χ0n) is 15.7. The van der Waals surface area contributed by atoms with Crippen molar-refractivity contribution in [2.24, 2.45) is 0 Å². The van der Waals surface area contributed by atoms with Crippen LogP contribution in [-0.2, 0) is 20.9 Å². The molecule has 2 aromatic carbocycles. The van der Waals surface area contributed by atoms with Crippen molar-refractivity contribution in [3.63, 3.8) is 0 Å². The zero-order valence-corrected chi connectivity index (χ0v) is 16.6. The fourth-order valence-corrected chi connectivity index (χ4v) is 3.57. The van der Waals surface area contributed by atoms with Crippen molar-refractivity contribution in [2.75, 3.05) is 11.1 Å². The number of nitrogens with one attached hydrogen (secondary N) is 1. The molecule has 1 aliphatic rings. The smallest absolute Gasteiger partial charge is 0.234 e. The van der Waals surface area contributed by atoms with Crippen LogP contribution in [-0.4, -0.2) is 34.2 Å². The molecule has 0 aromatic heterocycles. The van der Waals surface area contributed by atoms with Gasteiger partial charge in [-0.25, -0.2) is 4.39 Å². The lowest BCUT2D eigenvalue weighted by Gasteiger charge is -2.14. The second-order valence-electron chi connectivity index (χ2n) is 6.61. The summed E-state index contributed by atoms with van der Waals surface area (Å²) in [4.78, 5) is 48.2. The van der Waals surface area contributed by atoms with Crippen LogP contribution in [0.3, 0.4) is 0 Å². The third-order valence-electron chi connectivity index (χ3n) is 4.43. The Morgan fingerprint density at radius 3 is 2.31 bits per heavy atom. The van der Waals surface area contributed by atoms with E-state index in [1.54, 1.807) is 24.3 Å². The number of likely N-dealkylation sites (tertiary alicyclic amines) is 1. The summed E-state index contributed by atoms with van der Waals surface area (Å²) in [5, 5.41) is 2.72. The molecule has 8 heteroatoms. The number of amides is 3. The number of anilines is 1. The second-order valence-corrected chi connectivity index (χ2v) is 7.63. The van der Waals surface area contributed by atoms with Gasteiger partial charge in [-0.2, -0.15) is 0 Å². The van der Waals surface area contributed by atoms with E-state index in [1.807, 2.05) is 0 Å². The van der Waals surface area contributed by atoms with Gasteiger partial charge in [0.2, 0.25) is 17.7 Å². The van der Waals surface area contributed by atoms with Crippen molar-refractivity contribution in [3.05, 3.63) is 59.4 Å². The summed E-state index contributed by atoms with van der Waals surface area (Å²) < 4.78 is 14.0. The number of rotatable bonds is 7. The van der Waals surface area contributed by atoms with Crippen LogP contribution in [0.4, 0.5) is 10.1 Å². The van der Waals surface area contributed by atoms with Crippen molar-refractivity contribution in [1.82, 2.24) is 4.90 Å². The van der Waals surface area contributed by atoms with Crippen molar-refractivity contribution < 1.29 is 23.6 Å². The maximum atomic E-state index is 14.0. The molecular formula is C21H19FN2O4S. The van der Waals surface area contributed by atoms with Gasteiger partial charge in [-0.3, -0.25) is 24.1 Å². The highest BCUT2D eigenvalue weighted by Crippen LogP contribution is 2.23. The molecule has 0 unspecified atom stereocenters. The second kappa shape index (κ2) is 9.00. The molecule has 1 saturated heterocycles. The topological polar surface area (TPSA) is 83.6 Å². The highest BCUT2D eigenvalue weighted by molar-refractivity contribution is 8.00. The number of imide groups is 1. The Balaban J connectivity index is 1.52. The highest BCUT2D eigenvalue weighted by Gasteiger charge is 2.28. The average molecular weight is 414 g/mol. The van der Waals surface area contributed by atoms with Crippen LogP contribution in [0.1, 0.15) is 35.7 Å². The first-order valence-electron chi connectivity index (χ1n) is 8.99. The van der Waals surface area contributed by atoms with Gasteiger partial charge < -0.3 is 5.32 Å². The Labute approximate surface area is 171 Å². The summed E-state index contributed by atoms with van der Waals surface area (Å²) in [7, 11) is 0. The van der Waals surface area contributed by atoms with E-state index in [0.717, 1.165) is 23.4 Å². The van der Waals surface area contributed by atoms with Crippen LogP contribution in [0.15, 0.2) is 47.4 Å². The molecule has 1 fully saturated rings. The number of hydrogen-bond acceptors (Lipinski definition) is 5. The average Bonchev–Trinajstić information content (AvgIpc) is 3.00. The number of thioether (sulfide) groups is 1. The lowest BCUT2D eigenvalue weighted by Crippen LogP contribution is -2.28. The van der Waals surface area contributed by atoms with Crippen LogP contribution < -0.4 is 5.32 Å². The van der Waals surface area contributed by atoms with Gasteiger partial charge in [0.15, 0.2) is 5.78 Å². The molecule has 0 aliphatic carbocycles. The number of ketones is 1. The molecule has 3 amide bonds. The van der Waals surface area contributed by atoms with E-state index in [4.69, 9.17) is 0 Å². The van der Waals surface area contributed by atoms with Crippen LogP contribution in [0.5, 0.6) is 0 Å². The van der Waals surface area contributed by atoms with Crippen LogP contribution >= 0.6 is 11.8 Å². The fraction of sp³-hybridized carbons (Fsp3) is 0.238. The summed E-state index contributed by atoms with van der Waals surface area (Å²) in [6, 6.07) is 11.0. The Kier molecular flexibility index (Phi) is 6.43. The van der Waals surface area contributed by atoms with E-state index in [0.29, 0.717) is 10.6 Å². The minimum Gasteiger partial charge on any atom is -0.325 e. The molecular weight excluding hydrogens is 395 g/mol. The molecule has 0 bridgehead atoms. The molecule has 1 heterocycles. The lowest BCUT2D eigenvalue weighted by atomic mass is 10.1.